The van der Waals surface area contributed by atoms with Gasteiger partial charge >= 0.3 is 6.03 Å². The predicted molar refractivity (Wildman–Crippen MR) is 103 cm³/mol. The second-order valence-electron chi connectivity index (χ2n) is 6.50. The Morgan fingerprint density at radius 2 is 2.27 bits per heavy atom. The predicted octanol–water partition coefficient (Wildman–Crippen LogP) is 3.25. The van der Waals surface area contributed by atoms with Crippen LogP contribution in [0.1, 0.15) is 24.5 Å². The number of urea groups is 1. The lowest BCUT2D eigenvalue weighted by atomic mass is 10.1. The number of carbonyl (C=O) groups excluding carboxylic acids is 1. The summed E-state index contributed by atoms with van der Waals surface area (Å²) in [4.78, 5) is 16.8. The van der Waals surface area contributed by atoms with Gasteiger partial charge in [0.2, 0.25) is 0 Å². The molecule has 2 heterocycles. The maximum Gasteiger partial charge on any atom is 0.317 e. The number of carbonyl (C=O) groups is 1. The summed E-state index contributed by atoms with van der Waals surface area (Å²) >= 11 is 6.06. The van der Waals surface area contributed by atoms with E-state index in [4.69, 9.17) is 11.6 Å². The van der Waals surface area contributed by atoms with Gasteiger partial charge in [-0.05, 0) is 49.6 Å². The van der Waals surface area contributed by atoms with Crippen molar-refractivity contribution in [3.05, 3.63) is 52.7 Å². The van der Waals surface area contributed by atoms with Crippen LogP contribution in [0.3, 0.4) is 0 Å². The molecule has 7 heteroatoms. The first kappa shape index (κ1) is 18.5. The van der Waals surface area contributed by atoms with E-state index in [1.54, 1.807) is 6.20 Å². The molecule has 138 valence electrons. The minimum Gasteiger partial charge on any atom is -0.353 e. The third-order valence-electron chi connectivity index (χ3n) is 4.75. The molecule has 6 nitrogen and oxygen atoms in total. The van der Waals surface area contributed by atoms with E-state index in [-0.39, 0.29) is 12.1 Å². The van der Waals surface area contributed by atoms with E-state index in [9.17, 15) is 4.79 Å². The lowest BCUT2D eigenvalue weighted by Gasteiger charge is -2.28. The highest BCUT2D eigenvalue weighted by Crippen LogP contribution is 2.21. The second kappa shape index (κ2) is 8.36. The molecule has 3 rings (SSSR count). The fourth-order valence-electron chi connectivity index (χ4n) is 3.33. The number of nitrogens with zero attached hydrogens (tertiary/aromatic N) is 4. The quantitative estimate of drug-likeness (QED) is 0.873. The first-order valence-electron chi connectivity index (χ1n) is 8.90. The number of amides is 2. The standard InChI is InChI=1S/C19H24ClN5O/c1-3-25(16-8-10-24(13-16)18-5-4-9-22-23-18)19(26)21-12-15-6-7-17(20)14(2)11-15/h4-7,9,11,16H,3,8,10,12-13H2,1-2H3,(H,21,26)/t16-/m0/s1. The molecule has 26 heavy (non-hydrogen) atoms. The van der Waals surface area contributed by atoms with Gasteiger partial charge in [0, 0.05) is 37.4 Å². The highest BCUT2D eigenvalue weighted by Gasteiger charge is 2.30. The van der Waals surface area contributed by atoms with E-state index >= 15 is 0 Å². The normalized spacial score (nSPS) is 16.6. The molecule has 0 aliphatic carbocycles. The molecule has 1 fully saturated rings. The van der Waals surface area contributed by atoms with Crippen molar-refractivity contribution in [2.45, 2.75) is 32.9 Å². The molecule has 0 radical (unpaired) electrons. The third kappa shape index (κ3) is 4.25. The van der Waals surface area contributed by atoms with Crippen LogP contribution in [-0.4, -0.2) is 46.8 Å². The van der Waals surface area contributed by atoms with Gasteiger partial charge < -0.3 is 15.1 Å². The molecule has 1 aliphatic heterocycles. The number of aryl methyl sites for hydroxylation is 1. The number of hydrogen-bond acceptors (Lipinski definition) is 4. The monoisotopic (exact) mass is 373 g/mol. The number of halogens is 1. The van der Waals surface area contributed by atoms with Gasteiger partial charge in [-0.15, -0.1) is 5.10 Å². The van der Waals surface area contributed by atoms with Crippen LogP contribution in [-0.2, 0) is 6.54 Å². The molecule has 1 atom stereocenters. The highest BCUT2D eigenvalue weighted by atomic mass is 35.5. The van der Waals surface area contributed by atoms with E-state index in [2.05, 4.69) is 20.4 Å². The zero-order chi connectivity index (χ0) is 18.5. The molecule has 1 saturated heterocycles. The maximum absolute atomic E-state index is 12.7. The van der Waals surface area contributed by atoms with Gasteiger partial charge in [-0.25, -0.2) is 4.79 Å². The van der Waals surface area contributed by atoms with Crippen molar-refractivity contribution in [1.29, 1.82) is 0 Å². The first-order chi connectivity index (χ1) is 12.6. The molecule has 1 N–H and O–H groups in total. The molecular formula is C19H24ClN5O. The lowest BCUT2D eigenvalue weighted by Crippen LogP contribution is -2.47. The molecule has 2 amide bonds. The van der Waals surface area contributed by atoms with Gasteiger partial charge in [0.15, 0.2) is 5.82 Å². The second-order valence-corrected chi connectivity index (χ2v) is 6.91. The molecule has 0 spiro atoms. The molecule has 1 aliphatic rings. The highest BCUT2D eigenvalue weighted by molar-refractivity contribution is 6.31. The fourth-order valence-corrected chi connectivity index (χ4v) is 3.45. The van der Waals surface area contributed by atoms with E-state index in [0.29, 0.717) is 13.1 Å². The van der Waals surface area contributed by atoms with Crippen LogP contribution in [0.2, 0.25) is 5.02 Å². The Balaban J connectivity index is 1.58. The van der Waals surface area contributed by atoms with Crippen molar-refractivity contribution in [3.63, 3.8) is 0 Å². The molecular weight excluding hydrogens is 350 g/mol. The Hall–Kier alpha value is -2.34. The van der Waals surface area contributed by atoms with Crippen molar-refractivity contribution < 1.29 is 4.79 Å². The Labute approximate surface area is 159 Å². The van der Waals surface area contributed by atoms with Crippen molar-refractivity contribution in [2.75, 3.05) is 24.5 Å². The number of anilines is 1. The van der Waals surface area contributed by atoms with E-state index < -0.39 is 0 Å². The van der Waals surface area contributed by atoms with Crippen LogP contribution in [0, 0.1) is 6.92 Å². The van der Waals surface area contributed by atoms with E-state index in [1.165, 1.54) is 0 Å². The van der Waals surface area contributed by atoms with E-state index in [0.717, 1.165) is 41.5 Å². The summed E-state index contributed by atoms with van der Waals surface area (Å²) in [6.45, 7) is 6.80. The van der Waals surface area contributed by atoms with Crippen LogP contribution in [0.15, 0.2) is 36.5 Å². The summed E-state index contributed by atoms with van der Waals surface area (Å²) in [6, 6.07) is 9.79. The Morgan fingerprint density at radius 3 is 2.96 bits per heavy atom. The molecule has 0 saturated carbocycles. The van der Waals surface area contributed by atoms with Gasteiger partial charge in [0.05, 0.1) is 6.04 Å². The SMILES string of the molecule is CCN(C(=O)NCc1ccc(Cl)c(C)c1)[C@H]1CCN(c2cccnn2)C1. The van der Waals surface area contributed by atoms with Gasteiger partial charge in [0.25, 0.3) is 0 Å². The molecule has 0 unspecified atom stereocenters. The van der Waals surface area contributed by atoms with Crippen LogP contribution in [0.25, 0.3) is 0 Å². The minimum atomic E-state index is -0.0360. The fraction of sp³-hybridized carbons (Fsp3) is 0.421. The molecule has 0 bridgehead atoms. The Morgan fingerprint density at radius 1 is 1.42 bits per heavy atom. The average Bonchev–Trinajstić information content (AvgIpc) is 3.14. The van der Waals surface area contributed by atoms with Crippen LogP contribution in [0.4, 0.5) is 10.6 Å². The number of aromatic nitrogens is 2. The zero-order valence-corrected chi connectivity index (χ0v) is 15.9. The smallest absolute Gasteiger partial charge is 0.317 e. The number of benzene rings is 1. The molecule has 2 aromatic rings. The third-order valence-corrected chi connectivity index (χ3v) is 5.18. The van der Waals surface area contributed by atoms with E-state index in [1.807, 2.05) is 49.1 Å². The summed E-state index contributed by atoms with van der Waals surface area (Å²) in [6.07, 6.45) is 2.60. The zero-order valence-electron chi connectivity index (χ0n) is 15.2. The topological polar surface area (TPSA) is 61.4 Å². The maximum atomic E-state index is 12.7. The summed E-state index contributed by atoms with van der Waals surface area (Å²) < 4.78 is 0. The number of likely N-dealkylation sites (N-methyl/N-ethyl adjacent to an activating group) is 1. The van der Waals surface area contributed by atoms with Gasteiger partial charge in [0.1, 0.15) is 0 Å². The number of nitrogens with one attached hydrogen (secondary N) is 1. The summed E-state index contributed by atoms with van der Waals surface area (Å²) in [7, 11) is 0. The van der Waals surface area contributed by atoms with Crippen molar-refractivity contribution >= 4 is 23.4 Å². The number of hydrogen-bond donors (Lipinski definition) is 1. The number of rotatable bonds is 5. The van der Waals surface area contributed by atoms with Crippen LogP contribution >= 0.6 is 11.6 Å². The summed E-state index contributed by atoms with van der Waals surface area (Å²) in [5.41, 5.74) is 2.06. The van der Waals surface area contributed by atoms with Gasteiger partial charge in [-0.1, -0.05) is 23.7 Å². The summed E-state index contributed by atoms with van der Waals surface area (Å²) in [5.74, 6) is 0.864. The van der Waals surface area contributed by atoms with Crippen molar-refractivity contribution in [2.24, 2.45) is 0 Å². The average molecular weight is 374 g/mol. The largest absolute Gasteiger partial charge is 0.353 e. The Bertz CT molecular complexity index is 755. The summed E-state index contributed by atoms with van der Waals surface area (Å²) in [5, 5.41) is 11.9. The van der Waals surface area contributed by atoms with Crippen molar-refractivity contribution in [1.82, 2.24) is 20.4 Å². The van der Waals surface area contributed by atoms with Crippen LogP contribution in [0.5, 0.6) is 0 Å². The van der Waals surface area contributed by atoms with Crippen molar-refractivity contribution in [3.8, 4) is 0 Å². The lowest BCUT2D eigenvalue weighted by molar-refractivity contribution is 0.182. The van der Waals surface area contributed by atoms with Crippen LogP contribution < -0.4 is 10.2 Å². The van der Waals surface area contributed by atoms with Gasteiger partial charge in [-0.2, -0.15) is 5.10 Å². The minimum absolute atomic E-state index is 0.0360. The molecule has 1 aromatic carbocycles. The molecule has 1 aromatic heterocycles. The Kier molecular flexibility index (Phi) is 5.93. The van der Waals surface area contributed by atoms with Gasteiger partial charge in [-0.3, -0.25) is 0 Å². The first-order valence-corrected chi connectivity index (χ1v) is 9.28.